The van der Waals surface area contributed by atoms with Crippen LogP contribution in [0.2, 0.25) is 10.0 Å². The average Bonchev–Trinajstić information content (AvgIpc) is 3.03. The van der Waals surface area contributed by atoms with Crippen LogP contribution in [-0.2, 0) is 4.79 Å². The summed E-state index contributed by atoms with van der Waals surface area (Å²) < 4.78 is 0. The number of carbonyl (C=O) groups excluding carboxylic acids is 2. The van der Waals surface area contributed by atoms with Crippen LogP contribution in [-0.4, -0.2) is 35.9 Å². The molecule has 4 nitrogen and oxygen atoms in total. The number of halogens is 2. The summed E-state index contributed by atoms with van der Waals surface area (Å²) in [5, 5.41) is 6.61. The lowest BCUT2D eigenvalue weighted by molar-refractivity contribution is -0.123. The molecule has 1 aromatic rings. The first-order valence-electron chi connectivity index (χ1n) is 8.06. The number of carbonyl (C=O) groups is 2. The Morgan fingerprint density at radius 3 is 2.62 bits per heavy atom. The number of amides is 2. The van der Waals surface area contributed by atoms with Crippen LogP contribution in [0.25, 0.3) is 0 Å². The summed E-state index contributed by atoms with van der Waals surface area (Å²) in [5.41, 5.74) is 0.323. The molecule has 0 aromatic heterocycles. The van der Waals surface area contributed by atoms with Crippen molar-refractivity contribution in [1.82, 2.24) is 10.6 Å². The van der Waals surface area contributed by atoms with Gasteiger partial charge in [-0.25, -0.2) is 0 Å². The third-order valence-electron chi connectivity index (χ3n) is 4.11. The highest BCUT2D eigenvalue weighted by molar-refractivity contribution is 7.98. The van der Waals surface area contributed by atoms with Crippen molar-refractivity contribution in [1.29, 1.82) is 0 Å². The molecule has 132 valence electrons. The monoisotopic (exact) mass is 388 g/mol. The Balaban J connectivity index is 2.03. The third-order valence-corrected chi connectivity index (χ3v) is 5.30. The van der Waals surface area contributed by atoms with E-state index in [0.717, 1.165) is 31.4 Å². The van der Waals surface area contributed by atoms with Gasteiger partial charge in [-0.3, -0.25) is 9.59 Å². The molecule has 24 heavy (non-hydrogen) atoms. The van der Waals surface area contributed by atoms with E-state index >= 15 is 0 Å². The fraction of sp³-hybridized carbons (Fsp3) is 0.529. The van der Waals surface area contributed by atoms with Crippen molar-refractivity contribution < 1.29 is 9.59 Å². The van der Waals surface area contributed by atoms with E-state index in [4.69, 9.17) is 23.2 Å². The highest BCUT2D eigenvalue weighted by Gasteiger charge is 2.25. The Morgan fingerprint density at radius 1 is 1.29 bits per heavy atom. The van der Waals surface area contributed by atoms with E-state index in [0.29, 0.717) is 17.0 Å². The van der Waals surface area contributed by atoms with Crippen molar-refractivity contribution in [3.05, 3.63) is 33.8 Å². The van der Waals surface area contributed by atoms with Crippen LogP contribution < -0.4 is 10.6 Å². The van der Waals surface area contributed by atoms with E-state index in [1.807, 2.05) is 6.26 Å². The first-order chi connectivity index (χ1) is 11.5. The normalized spacial score (nSPS) is 16.0. The fourth-order valence-corrected chi connectivity index (χ4v) is 3.75. The number of hydrogen-bond acceptors (Lipinski definition) is 3. The van der Waals surface area contributed by atoms with E-state index in [1.54, 1.807) is 23.9 Å². The van der Waals surface area contributed by atoms with Gasteiger partial charge in [0, 0.05) is 11.1 Å². The number of thioether (sulfide) groups is 1. The van der Waals surface area contributed by atoms with Gasteiger partial charge in [0.05, 0.1) is 10.6 Å². The maximum Gasteiger partial charge on any atom is 0.253 e. The van der Waals surface area contributed by atoms with Crippen molar-refractivity contribution in [2.45, 2.75) is 44.2 Å². The van der Waals surface area contributed by atoms with Crippen LogP contribution in [0.1, 0.15) is 42.5 Å². The molecular formula is C17H22Cl2N2O2S. The molecular weight excluding hydrogens is 367 g/mol. The van der Waals surface area contributed by atoms with E-state index < -0.39 is 6.04 Å². The topological polar surface area (TPSA) is 58.2 Å². The van der Waals surface area contributed by atoms with E-state index in [2.05, 4.69) is 10.6 Å². The molecule has 1 aromatic carbocycles. The minimum atomic E-state index is -0.558. The van der Waals surface area contributed by atoms with Gasteiger partial charge in [-0.1, -0.05) is 36.0 Å². The molecule has 1 saturated carbocycles. The molecule has 2 N–H and O–H groups in total. The van der Waals surface area contributed by atoms with E-state index in [1.165, 1.54) is 6.07 Å². The minimum absolute atomic E-state index is 0.116. The van der Waals surface area contributed by atoms with Crippen molar-refractivity contribution in [2.75, 3.05) is 12.0 Å². The summed E-state index contributed by atoms with van der Waals surface area (Å²) in [6.07, 6.45) is 6.87. The van der Waals surface area contributed by atoms with E-state index in [9.17, 15) is 9.59 Å². The smallest absolute Gasteiger partial charge is 0.253 e. The summed E-state index contributed by atoms with van der Waals surface area (Å²) >= 11 is 13.6. The maximum atomic E-state index is 12.5. The molecule has 0 spiro atoms. The highest BCUT2D eigenvalue weighted by atomic mass is 35.5. The Labute approximate surface area is 157 Å². The van der Waals surface area contributed by atoms with Gasteiger partial charge in [-0.15, -0.1) is 0 Å². The first kappa shape index (κ1) is 19.4. The second-order valence-electron chi connectivity index (χ2n) is 5.92. The standard InChI is InChI=1S/C17H22Cl2N2O2S/c1-24-9-8-15(17(23)20-12-4-2-3-5-12)21-16(22)13-7-6-11(18)10-14(13)19/h6-7,10,12,15H,2-5,8-9H2,1H3,(H,20,23)(H,21,22). The molecule has 0 radical (unpaired) electrons. The molecule has 1 fully saturated rings. The molecule has 2 amide bonds. The zero-order valence-corrected chi connectivity index (χ0v) is 15.9. The lowest BCUT2D eigenvalue weighted by atomic mass is 10.1. The molecule has 1 aliphatic carbocycles. The van der Waals surface area contributed by atoms with Crippen molar-refractivity contribution in [3.8, 4) is 0 Å². The van der Waals surface area contributed by atoms with Gasteiger partial charge in [-0.2, -0.15) is 11.8 Å². The molecule has 2 rings (SSSR count). The van der Waals surface area contributed by atoms with Crippen LogP contribution in [0.15, 0.2) is 18.2 Å². The van der Waals surface area contributed by atoms with Gasteiger partial charge < -0.3 is 10.6 Å². The number of nitrogens with one attached hydrogen (secondary N) is 2. The minimum Gasteiger partial charge on any atom is -0.352 e. The van der Waals surface area contributed by atoms with Crippen molar-refractivity contribution in [3.63, 3.8) is 0 Å². The van der Waals surface area contributed by atoms with Crippen molar-refractivity contribution >= 4 is 46.8 Å². The summed E-state index contributed by atoms with van der Waals surface area (Å²) in [5.74, 6) is 0.316. The van der Waals surface area contributed by atoms with E-state index in [-0.39, 0.29) is 22.9 Å². The molecule has 7 heteroatoms. The van der Waals surface area contributed by atoms with Crippen LogP contribution >= 0.6 is 35.0 Å². The summed E-state index contributed by atoms with van der Waals surface area (Å²) in [6.45, 7) is 0. The van der Waals surface area contributed by atoms with Gasteiger partial charge in [0.15, 0.2) is 0 Å². The Kier molecular flexibility index (Phi) is 7.72. The van der Waals surface area contributed by atoms with Gasteiger partial charge >= 0.3 is 0 Å². The second kappa shape index (κ2) is 9.54. The molecule has 0 aliphatic heterocycles. The number of rotatable bonds is 7. The van der Waals surface area contributed by atoms with Gasteiger partial charge in [0.25, 0.3) is 5.91 Å². The lowest BCUT2D eigenvalue weighted by Gasteiger charge is -2.21. The number of benzene rings is 1. The largest absolute Gasteiger partial charge is 0.352 e. The predicted octanol–water partition coefficient (Wildman–Crippen LogP) is 3.90. The zero-order chi connectivity index (χ0) is 17.5. The SMILES string of the molecule is CSCCC(NC(=O)c1ccc(Cl)cc1Cl)C(=O)NC1CCCC1. The Morgan fingerprint density at radius 2 is 2.00 bits per heavy atom. The zero-order valence-electron chi connectivity index (χ0n) is 13.6. The Hall–Kier alpha value is -0.910. The van der Waals surface area contributed by atoms with Crippen LogP contribution in [0.4, 0.5) is 0 Å². The molecule has 0 saturated heterocycles. The summed E-state index contributed by atoms with van der Waals surface area (Å²) in [7, 11) is 0. The maximum absolute atomic E-state index is 12.5. The average molecular weight is 389 g/mol. The molecule has 0 heterocycles. The lowest BCUT2D eigenvalue weighted by Crippen LogP contribution is -2.49. The van der Waals surface area contributed by atoms with Gasteiger partial charge in [-0.05, 0) is 49.5 Å². The predicted molar refractivity (Wildman–Crippen MR) is 101 cm³/mol. The molecule has 1 unspecified atom stereocenters. The van der Waals surface area contributed by atoms with Crippen LogP contribution in [0, 0.1) is 0 Å². The quantitative estimate of drug-likeness (QED) is 0.744. The molecule has 0 bridgehead atoms. The third kappa shape index (κ3) is 5.57. The van der Waals surface area contributed by atoms with Gasteiger partial charge in [0.2, 0.25) is 5.91 Å². The van der Waals surface area contributed by atoms with Crippen LogP contribution in [0.5, 0.6) is 0 Å². The Bertz CT molecular complexity index is 592. The van der Waals surface area contributed by atoms with Gasteiger partial charge in [0.1, 0.15) is 6.04 Å². The molecule has 1 aliphatic rings. The van der Waals surface area contributed by atoms with Crippen LogP contribution in [0.3, 0.4) is 0 Å². The first-order valence-corrected chi connectivity index (χ1v) is 10.2. The fourth-order valence-electron chi connectivity index (χ4n) is 2.79. The molecule has 1 atom stereocenters. The van der Waals surface area contributed by atoms with Crippen molar-refractivity contribution in [2.24, 2.45) is 0 Å². The summed E-state index contributed by atoms with van der Waals surface area (Å²) in [4.78, 5) is 25.0. The second-order valence-corrected chi connectivity index (χ2v) is 7.75. The highest BCUT2D eigenvalue weighted by Crippen LogP contribution is 2.21. The number of hydrogen-bond donors (Lipinski definition) is 2. The summed E-state index contributed by atoms with van der Waals surface area (Å²) in [6, 6.07) is 4.37.